The molecule has 10 heteroatoms. The number of hydrogen-bond donors (Lipinski definition) is 3. The fourth-order valence-electron chi connectivity index (χ4n) is 5.75. The van der Waals surface area contributed by atoms with Gasteiger partial charge in [0.1, 0.15) is 21.0 Å². The molecular formula is C25H31N7O2S. The first-order chi connectivity index (χ1) is 16.9. The highest BCUT2D eigenvalue weighted by atomic mass is 32.1. The number of rotatable bonds is 3. The summed E-state index contributed by atoms with van der Waals surface area (Å²) in [5.41, 5.74) is 16.9. The molecule has 1 spiro atoms. The van der Waals surface area contributed by atoms with Crippen LogP contribution in [0.3, 0.4) is 0 Å². The minimum absolute atomic E-state index is 0.0396. The summed E-state index contributed by atoms with van der Waals surface area (Å²) < 4.78 is 5.78. The molecule has 184 valence electrons. The molecule has 3 aromatic heterocycles. The highest BCUT2D eigenvalue weighted by Gasteiger charge is 2.46. The van der Waals surface area contributed by atoms with E-state index in [1.807, 2.05) is 6.92 Å². The van der Waals surface area contributed by atoms with Gasteiger partial charge in [0.05, 0.1) is 18.0 Å². The molecule has 3 unspecified atom stereocenters. The molecule has 2 saturated heterocycles. The lowest BCUT2D eigenvalue weighted by atomic mass is 9.79. The predicted octanol–water partition coefficient (Wildman–Crippen LogP) is 2.21. The van der Waals surface area contributed by atoms with Crippen molar-refractivity contribution in [1.82, 2.24) is 20.3 Å². The number of nitrogen functional groups attached to an aromatic ring is 1. The number of thiophene rings is 1. The lowest BCUT2D eigenvalue weighted by Crippen LogP contribution is -2.46. The van der Waals surface area contributed by atoms with Crippen molar-refractivity contribution in [1.29, 1.82) is 0 Å². The first-order valence-electron chi connectivity index (χ1n) is 12.3. The number of nitrogens with two attached hydrogens (primary N) is 2. The van der Waals surface area contributed by atoms with Crippen molar-refractivity contribution in [2.75, 3.05) is 36.9 Å². The largest absolute Gasteiger partial charge is 0.396 e. The van der Waals surface area contributed by atoms with Gasteiger partial charge in [0.15, 0.2) is 0 Å². The Kier molecular flexibility index (Phi) is 5.62. The standard InChI is InChI=1S/C25H31N7O2S/c1-14-10-28-21-20(27)22(35-24(21)29-14)23(33)30-16-4-5-17-15(9-16)3-6-19(31-17)32-11-18(26)25(12-32)7-2-8-34-13-25/h3,6,10,16,18H,2,4-5,7-9,11-13,26-27H2,1H3,(H,30,33). The first-order valence-corrected chi connectivity index (χ1v) is 13.1. The number of aromatic nitrogens is 3. The Labute approximate surface area is 208 Å². The molecule has 0 saturated carbocycles. The lowest BCUT2D eigenvalue weighted by molar-refractivity contribution is -0.00345. The lowest BCUT2D eigenvalue weighted by Gasteiger charge is -2.36. The van der Waals surface area contributed by atoms with Gasteiger partial charge in [0, 0.05) is 49.1 Å². The molecule has 3 atom stereocenters. The van der Waals surface area contributed by atoms with Crippen LogP contribution in [0.15, 0.2) is 18.3 Å². The molecule has 2 aliphatic heterocycles. The molecule has 2 fully saturated rings. The molecule has 1 amide bonds. The molecule has 0 aromatic carbocycles. The number of hydrogen-bond acceptors (Lipinski definition) is 9. The number of carbonyl (C=O) groups is 1. The second kappa shape index (κ2) is 8.69. The number of anilines is 2. The van der Waals surface area contributed by atoms with Crippen molar-refractivity contribution in [2.24, 2.45) is 11.1 Å². The summed E-state index contributed by atoms with van der Waals surface area (Å²) in [7, 11) is 0. The van der Waals surface area contributed by atoms with E-state index in [4.69, 9.17) is 21.2 Å². The maximum atomic E-state index is 13.0. The summed E-state index contributed by atoms with van der Waals surface area (Å²) in [6, 6.07) is 4.41. The van der Waals surface area contributed by atoms with Gasteiger partial charge < -0.3 is 26.4 Å². The van der Waals surface area contributed by atoms with Crippen molar-refractivity contribution in [3.63, 3.8) is 0 Å². The van der Waals surface area contributed by atoms with E-state index in [1.165, 1.54) is 16.9 Å². The second-order valence-electron chi connectivity index (χ2n) is 10.2. The van der Waals surface area contributed by atoms with Crippen LogP contribution in [0.1, 0.15) is 45.9 Å². The zero-order valence-corrected chi connectivity index (χ0v) is 20.7. The Morgan fingerprint density at radius 3 is 3.06 bits per heavy atom. The third-order valence-electron chi connectivity index (χ3n) is 7.74. The summed E-state index contributed by atoms with van der Waals surface area (Å²) in [5.74, 6) is 0.839. The van der Waals surface area contributed by atoms with Crippen molar-refractivity contribution in [3.05, 3.63) is 40.2 Å². The van der Waals surface area contributed by atoms with Gasteiger partial charge in [-0.15, -0.1) is 11.3 Å². The van der Waals surface area contributed by atoms with Crippen LogP contribution >= 0.6 is 11.3 Å². The predicted molar refractivity (Wildman–Crippen MR) is 137 cm³/mol. The molecule has 1 aliphatic carbocycles. The molecule has 6 rings (SSSR count). The minimum Gasteiger partial charge on any atom is -0.396 e. The third-order valence-corrected chi connectivity index (χ3v) is 8.82. The Morgan fingerprint density at radius 2 is 2.23 bits per heavy atom. The van der Waals surface area contributed by atoms with Crippen LogP contribution < -0.4 is 21.7 Å². The summed E-state index contributed by atoms with van der Waals surface area (Å²) in [6.07, 6.45) is 6.29. The number of carbonyl (C=O) groups excluding carboxylic acids is 1. The fourth-order valence-corrected chi connectivity index (χ4v) is 6.75. The molecule has 5 N–H and O–H groups in total. The van der Waals surface area contributed by atoms with Crippen LogP contribution in [0.4, 0.5) is 11.5 Å². The quantitative estimate of drug-likeness (QED) is 0.506. The number of fused-ring (bicyclic) bond motifs is 2. The maximum absolute atomic E-state index is 13.0. The van der Waals surface area contributed by atoms with Crippen LogP contribution in [0.25, 0.3) is 10.3 Å². The van der Waals surface area contributed by atoms with Crippen LogP contribution in [0.5, 0.6) is 0 Å². The molecule has 35 heavy (non-hydrogen) atoms. The number of nitrogens with zero attached hydrogens (tertiary/aromatic N) is 4. The number of aryl methyl sites for hydroxylation is 2. The summed E-state index contributed by atoms with van der Waals surface area (Å²) >= 11 is 1.30. The molecule has 0 radical (unpaired) electrons. The zero-order valence-electron chi connectivity index (χ0n) is 19.9. The molecular weight excluding hydrogens is 462 g/mol. The van der Waals surface area contributed by atoms with Crippen molar-refractivity contribution < 1.29 is 9.53 Å². The Hall–Kier alpha value is -2.82. The van der Waals surface area contributed by atoms with Gasteiger partial charge in [-0.3, -0.25) is 4.79 Å². The van der Waals surface area contributed by atoms with Gasteiger partial charge >= 0.3 is 0 Å². The van der Waals surface area contributed by atoms with Crippen LogP contribution in [-0.4, -0.2) is 59.2 Å². The maximum Gasteiger partial charge on any atom is 0.263 e. The molecule has 3 aromatic rings. The number of pyridine rings is 1. The minimum atomic E-state index is -0.158. The van der Waals surface area contributed by atoms with Crippen molar-refractivity contribution >= 4 is 39.1 Å². The highest BCUT2D eigenvalue weighted by Crippen LogP contribution is 2.39. The average Bonchev–Trinajstić information content (AvgIpc) is 3.35. The van der Waals surface area contributed by atoms with E-state index in [2.05, 4.69) is 32.3 Å². The summed E-state index contributed by atoms with van der Waals surface area (Å²) in [6.45, 7) is 5.17. The zero-order chi connectivity index (χ0) is 24.2. The van der Waals surface area contributed by atoms with Crippen LogP contribution in [0, 0.1) is 12.3 Å². The second-order valence-corrected chi connectivity index (χ2v) is 11.2. The Balaban J connectivity index is 1.14. The normalized spacial score (nSPS) is 26.3. The summed E-state index contributed by atoms with van der Waals surface area (Å²) in [4.78, 5) is 30.3. The van der Waals surface area contributed by atoms with Gasteiger partial charge in [-0.05, 0) is 50.7 Å². The van der Waals surface area contributed by atoms with Gasteiger partial charge in [-0.2, -0.15) is 0 Å². The molecule has 9 nitrogen and oxygen atoms in total. The highest BCUT2D eigenvalue weighted by molar-refractivity contribution is 7.21. The molecule has 3 aliphatic rings. The fraction of sp³-hybridized carbons (Fsp3) is 0.520. The molecule has 0 bridgehead atoms. The van der Waals surface area contributed by atoms with Crippen molar-refractivity contribution in [2.45, 2.75) is 51.1 Å². The van der Waals surface area contributed by atoms with Crippen LogP contribution in [0.2, 0.25) is 0 Å². The van der Waals surface area contributed by atoms with Gasteiger partial charge in [0.2, 0.25) is 0 Å². The third kappa shape index (κ3) is 4.03. The van der Waals surface area contributed by atoms with Crippen LogP contribution in [-0.2, 0) is 17.6 Å². The van der Waals surface area contributed by atoms with E-state index in [-0.39, 0.29) is 23.4 Å². The Morgan fingerprint density at radius 1 is 1.34 bits per heavy atom. The number of nitrogens with one attached hydrogen (secondary N) is 1. The van der Waals surface area contributed by atoms with E-state index < -0.39 is 0 Å². The first kappa shape index (κ1) is 22.6. The van der Waals surface area contributed by atoms with E-state index in [0.29, 0.717) is 20.9 Å². The summed E-state index contributed by atoms with van der Waals surface area (Å²) in [5, 5.41) is 3.17. The van der Waals surface area contributed by atoms with Gasteiger partial charge in [0.25, 0.3) is 5.91 Å². The smallest absolute Gasteiger partial charge is 0.263 e. The SMILES string of the molecule is Cc1cnc2c(N)c(C(=O)NC3CCc4nc(N5CC(N)C6(CCCOC6)C5)ccc4C3)sc2n1. The topological polar surface area (TPSA) is 132 Å². The van der Waals surface area contributed by atoms with E-state index >= 15 is 0 Å². The molecule has 5 heterocycles. The monoisotopic (exact) mass is 493 g/mol. The van der Waals surface area contributed by atoms with Gasteiger partial charge in [-0.25, -0.2) is 15.0 Å². The Bertz CT molecular complexity index is 1290. The van der Waals surface area contributed by atoms with E-state index in [9.17, 15) is 4.79 Å². The van der Waals surface area contributed by atoms with Crippen molar-refractivity contribution in [3.8, 4) is 0 Å². The van der Waals surface area contributed by atoms with E-state index in [0.717, 1.165) is 75.6 Å². The van der Waals surface area contributed by atoms with E-state index in [1.54, 1.807) is 6.20 Å². The average molecular weight is 494 g/mol. The van der Waals surface area contributed by atoms with Gasteiger partial charge in [-0.1, -0.05) is 6.07 Å². The number of amides is 1. The number of ether oxygens (including phenoxy) is 1.